The van der Waals surface area contributed by atoms with Gasteiger partial charge in [-0.2, -0.15) is 0 Å². The minimum Gasteiger partial charge on any atom is -0.486 e. The number of nitrogens with zero attached hydrogens (tertiary/aromatic N) is 2. The number of benzene rings is 2. The van der Waals surface area contributed by atoms with Gasteiger partial charge in [-0.15, -0.1) is 0 Å². The van der Waals surface area contributed by atoms with Crippen LogP contribution < -0.4 is 9.47 Å². The summed E-state index contributed by atoms with van der Waals surface area (Å²) in [6.45, 7) is 4.74. The Bertz CT molecular complexity index is 836. The zero-order valence-electron chi connectivity index (χ0n) is 14.7. The summed E-state index contributed by atoms with van der Waals surface area (Å²) in [6, 6.07) is 11.8. The molecule has 3 rings (SSSR count). The molecule has 0 unspecified atom stereocenters. The molecule has 0 N–H and O–H groups in total. The van der Waals surface area contributed by atoms with Crippen LogP contribution in [-0.4, -0.2) is 41.5 Å². The molecule has 0 fully saturated rings. The van der Waals surface area contributed by atoms with E-state index in [2.05, 4.69) is 0 Å². The molecule has 1 aliphatic rings. The highest BCUT2D eigenvalue weighted by Gasteiger charge is 2.26. The lowest BCUT2D eigenvalue weighted by Crippen LogP contribution is -2.43. The van der Waals surface area contributed by atoms with E-state index in [1.807, 2.05) is 31.2 Å². The molecule has 0 bridgehead atoms. The second-order valence-corrected chi connectivity index (χ2v) is 6.10. The first-order valence-corrected chi connectivity index (χ1v) is 8.42. The molecule has 2 aromatic rings. The molecule has 0 saturated heterocycles. The molecule has 0 spiro atoms. The lowest BCUT2D eigenvalue weighted by molar-refractivity contribution is -0.385. The van der Waals surface area contributed by atoms with Crippen LogP contribution in [0.5, 0.6) is 11.5 Å². The molecule has 0 saturated carbocycles. The van der Waals surface area contributed by atoms with Crippen molar-refractivity contribution >= 4 is 11.6 Å². The topological polar surface area (TPSA) is 81.9 Å². The smallest absolute Gasteiger partial charge is 0.272 e. The predicted octanol–water partition coefficient (Wildman–Crippen LogP) is 3.21. The Morgan fingerprint density at radius 2 is 2.00 bits per heavy atom. The van der Waals surface area contributed by atoms with Crippen LogP contribution in [0.3, 0.4) is 0 Å². The average Bonchev–Trinajstić information content (AvgIpc) is 2.65. The normalized spacial score (nSPS) is 15.4. The summed E-state index contributed by atoms with van der Waals surface area (Å²) in [5, 5.41) is 10.9. The fourth-order valence-electron chi connectivity index (χ4n) is 2.93. The van der Waals surface area contributed by atoms with Gasteiger partial charge in [0, 0.05) is 23.7 Å². The van der Waals surface area contributed by atoms with Crippen molar-refractivity contribution in [3.63, 3.8) is 0 Å². The second-order valence-electron chi connectivity index (χ2n) is 6.10. The van der Waals surface area contributed by atoms with Crippen molar-refractivity contribution in [2.45, 2.75) is 20.0 Å². The summed E-state index contributed by atoms with van der Waals surface area (Å²) >= 11 is 0. The minimum atomic E-state index is -0.453. The van der Waals surface area contributed by atoms with Crippen molar-refractivity contribution < 1.29 is 19.2 Å². The third kappa shape index (κ3) is 3.61. The van der Waals surface area contributed by atoms with Crippen molar-refractivity contribution in [2.24, 2.45) is 0 Å². The summed E-state index contributed by atoms with van der Waals surface area (Å²) in [5.41, 5.74) is 0.889. The molecule has 1 amide bonds. The Morgan fingerprint density at radius 1 is 1.27 bits per heavy atom. The first kappa shape index (κ1) is 17.7. The zero-order valence-corrected chi connectivity index (χ0v) is 14.7. The summed E-state index contributed by atoms with van der Waals surface area (Å²) < 4.78 is 11.6. The van der Waals surface area contributed by atoms with Crippen molar-refractivity contribution in [1.82, 2.24) is 4.90 Å². The highest BCUT2D eigenvalue weighted by molar-refractivity contribution is 5.94. The van der Waals surface area contributed by atoms with Gasteiger partial charge in [-0.05, 0) is 38.1 Å². The fraction of sp³-hybridized carbons (Fsp3) is 0.316. The maximum Gasteiger partial charge on any atom is 0.272 e. The van der Waals surface area contributed by atoms with Crippen LogP contribution >= 0.6 is 0 Å². The number of carbonyl (C=O) groups is 1. The molecule has 2 aromatic carbocycles. The van der Waals surface area contributed by atoms with Gasteiger partial charge in [0.1, 0.15) is 6.61 Å². The number of nitro groups is 1. The Balaban J connectivity index is 1.72. The van der Waals surface area contributed by atoms with Crippen LogP contribution in [0.15, 0.2) is 42.5 Å². The number of ether oxygens (including phenoxy) is 2. The van der Waals surface area contributed by atoms with E-state index in [9.17, 15) is 14.9 Å². The molecule has 1 aliphatic heterocycles. The summed E-state index contributed by atoms with van der Waals surface area (Å²) in [4.78, 5) is 24.9. The van der Waals surface area contributed by atoms with Gasteiger partial charge < -0.3 is 14.4 Å². The molecule has 0 aliphatic carbocycles. The van der Waals surface area contributed by atoms with Crippen LogP contribution in [-0.2, 0) is 0 Å². The van der Waals surface area contributed by atoms with Crippen molar-refractivity contribution in [2.75, 3.05) is 19.7 Å². The SMILES string of the molecule is CCN(C[C@@H]1COc2ccccc2O1)C(=O)c1ccc([N+](=O)[O-])c(C)c1. The third-order valence-electron chi connectivity index (χ3n) is 4.30. The van der Waals surface area contributed by atoms with Gasteiger partial charge in [-0.1, -0.05) is 12.1 Å². The summed E-state index contributed by atoms with van der Waals surface area (Å²) in [5.74, 6) is 1.18. The van der Waals surface area contributed by atoms with Crippen molar-refractivity contribution in [3.05, 3.63) is 63.7 Å². The number of rotatable bonds is 5. The van der Waals surface area contributed by atoms with Crippen molar-refractivity contribution in [3.8, 4) is 11.5 Å². The molecule has 0 aromatic heterocycles. The number of nitro benzene ring substituents is 1. The first-order valence-electron chi connectivity index (χ1n) is 8.42. The van der Waals surface area contributed by atoms with Gasteiger partial charge in [0.15, 0.2) is 17.6 Å². The maximum atomic E-state index is 12.8. The quantitative estimate of drug-likeness (QED) is 0.607. The van der Waals surface area contributed by atoms with E-state index in [0.717, 1.165) is 0 Å². The molecule has 7 nitrogen and oxygen atoms in total. The van der Waals surface area contributed by atoms with Crippen LogP contribution in [0, 0.1) is 17.0 Å². The number of amides is 1. The van der Waals surface area contributed by atoms with Gasteiger partial charge in [-0.25, -0.2) is 0 Å². The second kappa shape index (κ2) is 7.43. The Morgan fingerprint density at radius 3 is 2.65 bits per heavy atom. The molecule has 0 radical (unpaired) electrons. The molecule has 1 atom stereocenters. The van der Waals surface area contributed by atoms with Gasteiger partial charge in [-0.3, -0.25) is 14.9 Å². The molecular weight excluding hydrogens is 336 g/mol. The van der Waals surface area contributed by atoms with Crippen molar-refractivity contribution in [1.29, 1.82) is 0 Å². The van der Waals surface area contributed by atoms with E-state index in [1.54, 1.807) is 17.9 Å². The average molecular weight is 356 g/mol. The summed E-state index contributed by atoms with van der Waals surface area (Å²) in [6.07, 6.45) is -0.270. The van der Waals surface area contributed by atoms with Gasteiger partial charge in [0.25, 0.3) is 11.6 Å². The van der Waals surface area contributed by atoms with E-state index in [-0.39, 0.29) is 17.7 Å². The number of hydrogen-bond donors (Lipinski definition) is 0. The highest BCUT2D eigenvalue weighted by atomic mass is 16.6. The fourth-order valence-corrected chi connectivity index (χ4v) is 2.93. The number of carbonyl (C=O) groups excluding carboxylic acids is 1. The maximum absolute atomic E-state index is 12.8. The molecule has 7 heteroatoms. The lowest BCUT2D eigenvalue weighted by atomic mass is 10.1. The number of fused-ring (bicyclic) bond motifs is 1. The largest absolute Gasteiger partial charge is 0.486 e. The number of para-hydroxylation sites is 2. The standard InChI is InChI=1S/C19H20N2O5/c1-3-20(11-15-12-25-17-6-4-5-7-18(17)26-15)19(22)14-8-9-16(21(23)24)13(2)10-14/h4-10,15H,3,11-12H2,1-2H3/t15-/m1/s1. The molecule has 1 heterocycles. The molecular formula is C19H20N2O5. The lowest BCUT2D eigenvalue weighted by Gasteiger charge is -2.31. The van der Waals surface area contributed by atoms with E-state index in [1.165, 1.54) is 12.1 Å². The molecule has 136 valence electrons. The number of hydrogen-bond acceptors (Lipinski definition) is 5. The van der Waals surface area contributed by atoms with Crippen LogP contribution in [0.1, 0.15) is 22.8 Å². The monoisotopic (exact) mass is 356 g/mol. The number of aryl methyl sites for hydroxylation is 1. The predicted molar refractivity (Wildman–Crippen MR) is 95.8 cm³/mol. The first-order chi connectivity index (χ1) is 12.5. The Labute approximate surface area is 151 Å². The van der Waals surface area contributed by atoms with Gasteiger partial charge in [0.05, 0.1) is 11.5 Å². The van der Waals surface area contributed by atoms with Crippen LogP contribution in [0.2, 0.25) is 0 Å². The Kier molecular flexibility index (Phi) is 5.06. The molecule has 26 heavy (non-hydrogen) atoms. The van der Waals surface area contributed by atoms with E-state index >= 15 is 0 Å². The third-order valence-corrected chi connectivity index (χ3v) is 4.30. The van der Waals surface area contributed by atoms with E-state index in [4.69, 9.17) is 9.47 Å². The van der Waals surface area contributed by atoms with E-state index in [0.29, 0.717) is 42.3 Å². The van der Waals surface area contributed by atoms with Crippen LogP contribution in [0.25, 0.3) is 0 Å². The van der Waals surface area contributed by atoms with Crippen LogP contribution in [0.4, 0.5) is 5.69 Å². The Hall–Kier alpha value is -3.09. The van der Waals surface area contributed by atoms with Gasteiger partial charge >= 0.3 is 0 Å². The zero-order chi connectivity index (χ0) is 18.7. The minimum absolute atomic E-state index is 0.00483. The number of likely N-dealkylation sites (N-methyl/N-ethyl adjacent to an activating group) is 1. The summed E-state index contributed by atoms with van der Waals surface area (Å²) in [7, 11) is 0. The van der Waals surface area contributed by atoms with E-state index < -0.39 is 4.92 Å². The van der Waals surface area contributed by atoms with Gasteiger partial charge in [0.2, 0.25) is 0 Å². The highest BCUT2D eigenvalue weighted by Crippen LogP contribution is 2.31.